The Labute approximate surface area is 180 Å². The van der Waals surface area contributed by atoms with E-state index in [1.54, 1.807) is 25.1 Å². The largest absolute Gasteiger partial charge is 0.486 e. The van der Waals surface area contributed by atoms with Gasteiger partial charge in [0.05, 0.1) is 6.54 Å². The van der Waals surface area contributed by atoms with Crippen LogP contribution in [0, 0.1) is 13.8 Å². The van der Waals surface area contributed by atoms with Crippen LogP contribution < -0.4 is 14.8 Å². The second-order valence-electron chi connectivity index (χ2n) is 8.61. The van der Waals surface area contributed by atoms with Gasteiger partial charge in [-0.3, -0.25) is 14.5 Å². The lowest BCUT2D eigenvalue weighted by Crippen LogP contribution is -2.41. The Kier molecular flexibility index (Phi) is 4.35. The molecule has 31 heavy (non-hydrogen) atoms. The van der Waals surface area contributed by atoms with E-state index in [2.05, 4.69) is 9.88 Å². The Morgan fingerprint density at radius 1 is 1.13 bits per heavy atom. The number of nitrogens with zero attached hydrogens (tertiary/aromatic N) is 2. The van der Waals surface area contributed by atoms with Crippen molar-refractivity contribution in [2.45, 2.75) is 45.2 Å². The smallest absolute Gasteiger partial charge is 0.325 e. The molecule has 2 aromatic rings. The van der Waals surface area contributed by atoms with Gasteiger partial charge in [0.25, 0.3) is 5.91 Å². The van der Waals surface area contributed by atoms with Gasteiger partial charge in [-0.15, -0.1) is 0 Å². The standard InChI is InChI=1S/C23H25N3O5/c1-13-10-17(14(2)26(13)16-5-6-16)18(27)12-25-21(28)23(3,24-22(25)29)15-4-7-19-20(11-15)31-9-8-30-19/h4,7,10-11,16H,5-6,8-9,12H2,1-3H3,(H,24,29)/t23-/m0/s1. The number of carbonyl (C=O) groups excluding carboxylic acids is 3. The van der Waals surface area contributed by atoms with Crippen LogP contribution in [0.5, 0.6) is 11.5 Å². The Bertz CT molecular complexity index is 1120. The second kappa shape index (κ2) is 6.87. The maximum absolute atomic E-state index is 13.3. The molecular weight excluding hydrogens is 398 g/mol. The fourth-order valence-electron chi connectivity index (χ4n) is 4.57. The highest BCUT2D eigenvalue weighted by molar-refractivity contribution is 6.11. The number of benzene rings is 1. The van der Waals surface area contributed by atoms with Crippen molar-refractivity contribution in [3.05, 3.63) is 46.8 Å². The fourth-order valence-corrected chi connectivity index (χ4v) is 4.57. The first-order chi connectivity index (χ1) is 14.8. The van der Waals surface area contributed by atoms with E-state index in [-0.39, 0.29) is 12.3 Å². The van der Waals surface area contributed by atoms with Gasteiger partial charge in [0.2, 0.25) is 0 Å². The molecule has 0 spiro atoms. The third kappa shape index (κ3) is 3.08. The number of Topliss-reactive ketones (excluding diaryl/α,β-unsaturated/α-hetero) is 1. The van der Waals surface area contributed by atoms with Crippen molar-refractivity contribution in [3.8, 4) is 11.5 Å². The van der Waals surface area contributed by atoms with E-state index in [1.165, 1.54) is 0 Å². The van der Waals surface area contributed by atoms with Gasteiger partial charge in [0.15, 0.2) is 17.3 Å². The molecule has 5 rings (SSSR count). The van der Waals surface area contributed by atoms with Gasteiger partial charge in [-0.25, -0.2) is 4.79 Å². The summed E-state index contributed by atoms with van der Waals surface area (Å²) >= 11 is 0. The summed E-state index contributed by atoms with van der Waals surface area (Å²) in [6.07, 6.45) is 2.23. The van der Waals surface area contributed by atoms with E-state index in [4.69, 9.17) is 9.47 Å². The number of carbonyl (C=O) groups is 3. The van der Waals surface area contributed by atoms with Gasteiger partial charge in [0, 0.05) is 23.0 Å². The molecule has 1 aliphatic carbocycles. The normalized spacial score (nSPS) is 22.6. The minimum atomic E-state index is -1.28. The van der Waals surface area contributed by atoms with E-state index in [0.29, 0.717) is 41.9 Å². The monoisotopic (exact) mass is 423 g/mol. The predicted octanol–water partition coefficient (Wildman–Crippen LogP) is 2.86. The van der Waals surface area contributed by atoms with E-state index >= 15 is 0 Å². The molecule has 8 heteroatoms. The molecule has 3 amide bonds. The fraction of sp³-hybridized carbons (Fsp3) is 0.435. The van der Waals surface area contributed by atoms with Crippen LogP contribution in [0.15, 0.2) is 24.3 Å². The number of nitrogens with one attached hydrogen (secondary N) is 1. The lowest BCUT2D eigenvalue weighted by molar-refractivity contribution is -0.130. The Morgan fingerprint density at radius 3 is 2.55 bits per heavy atom. The van der Waals surface area contributed by atoms with Gasteiger partial charge < -0.3 is 19.4 Å². The van der Waals surface area contributed by atoms with E-state index in [9.17, 15) is 14.4 Å². The zero-order chi connectivity index (χ0) is 21.9. The van der Waals surface area contributed by atoms with Crippen molar-refractivity contribution in [1.82, 2.24) is 14.8 Å². The number of fused-ring (bicyclic) bond motifs is 1. The Morgan fingerprint density at radius 2 is 1.84 bits per heavy atom. The highest BCUT2D eigenvalue weighted by Gasteiger charge is 2.50. The highest BCUT2D eigenvalue weighted by Crippen LogP contribution is 2.39. The number of rotatable bonds is 5. The number of imide groups is 1. The molecule has 1 N–H and O–H groups in total. The minimum absolute atomic E-state index is 0.241. The second-order valence-corrected chi connectivity index (χ2v) is 8.61. The van der Waals surface area contributed by atoms with Crippen LogP contribution in [0.3, 0.4) is 0 Å². The lowest BCUT2D eigenvalue weighted by atomic mass is 9.91. The number of hydrogen-bond donors (Lipinski definition) is 1. The number of urea groups is 1. The van der Waals surface area contributed by atoms with Crippen molar-refractivity contribution in [3.63, 3.8) is 0 Å². The minimum Gasteiger partial charge on any atom is -0.486 e. The maximum atomic E-state index is 13.3. The molecule has 3 aliphatic rings. The van der Waals surface area contributed by atoms with Crippen molar-refractivity contribution in [1.29, 1.82) is 0 Å². The van der Waals surface area contributed by atoms with Crippen LogP contribution >= 0.6 is 0 Å². The van der Waals surface area contributed by atoms with Crippen LogP contribution in [0.25, 0.3) is 0 Å². The van der Waals surface area contributed by atoms with Crippen LogP contribution in [0.2, 0.25) is 0 Å². The summed E-state index contributed by atoms with van der Waals surface area (Å²) in [5.74, 6) is 0.441. The van der Waals surface area contributed by atoms with Crippen molar-refractivity contribution >= 4 is 17.7 Å². The first kappa shape index (κ1) is 19.7. The Hall–Kier alpha value is -3.29. The molecule has 1 aromatic heterocycles. The van der Waals surface area contributed by atoms with Gasteiger partial charge in [-0.05, 0) is 57.4 Å². The van der Waals surface area contributed by atoms with E-state index in [1.807, 2.05) is 19.9 Å². The summed E-state index contributed by atoms with van der Waals surface area (Å²) in [5, 5.41) is 2.75. The molecule has 1 saturated carbocycles. The molecule has 0 unspecified atom stereocenters. The van der Waals surface area contributed by atoms with Crippen LogP contribution in [-0.2, 0) is 10.3 Å². The molecular formula is C23H25N3O5. The Balaban J connectivity index is 1.39. The molecule has 0 radical (unpaired) electrons. The van der Waals surface area contributed by atoms with E-state index in [0.717, 1.165) is 29.1 Å². The maximum Gasteiger partial charge on any atom is 0.325 e. The SMILES string of the molecule is Cc1cc(C(=O)CN2C(=O)N[C@@](C)(c3ccc4c(c3)OCCO4)C2=O)c(C)n1C1CC1. The van der Waals surface area contributed by atoms with Crippen molar-refractivity contribution in [2.75, 3.05) is 19.8 Å². The molecule has 1 atom stereocenters. The summed E-state index contributed by atoms with van der Waals surface area (Å²) in [4.78, 5) is 40.0. The first-order valence-electron chi connectivity index (χ1n) is 10.6. The van der Waals surface area contributed by atoms with Crippen LogP contribution in [0.1, 0.15) is 53.1 Å². The summed E-state index contributed by atoms with van der Waals surface area (Å²) < 4.78 is 13.3. The zero-order valence-corrected chi connectivity index (χ0v) is 17.9. The number of hydrogen-bond acceptors (Lipinski definition) is 5. The molecule has 2 fully saturated rings. The number of aryl methyl sites for hydroxylation is 1. The van der Waals surface area contributed by atoms with Gasteiger partial charge in [-0.1, -0.05) is 6.07 Å². The van der Waals surface area contributed by atoms with Crippen LogP contribution in [0.4, 0.5) is 4.79 Å². The quantitative estimate of drug-likeness (QED) is 0.590. The number of ketones is 1. The third-order valence-electron chi connectivity index (χ3n) is 6.39. The third-order valence-corrected chi connectivity index (χ3v) is 6.39. The van der Waals surface area contributed by atoms with Crippen LogP contribution in [-0.4, -0.2) is 46.9 Å². The zero-order valence-electron chi connectivity index (χ0n) is 17.9. The summed E-state index contributed by atoms with van der Waals surface area (Å²) in [6, 6.07) is 6.91. The van der Waals surface area contributed by atoms with E-state index < -0.39 is 17.5 Å². The topological polar surface area (TPSA) is 89.9 Å². The molecule has 0 bridgehead atoms. The lowest BCUT2D eigenvalue weighted by Gasteiger charge is -2.25. The molecule has 2 aliphatic heterocycles. The average Bonchev–Trinajstić information content (AvgIpc) is 3.50. The number of ether oxygens (including phenoxy) is 2. The van der Waals surface area contributed by atoms with Gasteiger partial charge in [0.1, 0.15) is 18.8 Å². The molecule has 8 nitrogen and oxygen atoms in total. The van der Waals surface area contributed by atoms with Gasteiger partial charge >= 0.3 is 6.03 Å². The summed E-state index contributed by atoms with van der Waals surface area (Å²) in [7, 11) is 0. The highest BCUT2D eigenvalue weighted by atomic mass is 16.6. The molecule has 162 valence electrons. The molecule has 1 saturated heterocycles. The van der Waals surface area contributed by atoms with Crippen molar-refractivity contribution in [2.24, 2.45) is 0 Å². The average molecular weight is 423 g/mol. The first-order valence-corrected chi connectivity index (χ1v) is 10.6. The number of amides is 3. The number of aromatic nitrogens is 1. The summed E-state index contributed by atoms with van der Waals surface area (Å²) in [5.41, 5.74) is 1.79. The molecule has 3 heterocycles. The van der Waals surface area contributed by atoms with Crippen molar-refractivity contribution < 1.29 is 23.9 Å². The predicted molar refractivity (Wildman–Crippen MR) is 112 cm³/mol. The summed E-state index contributed by atoms with van der Waals surface area (Å²) in [6.45, 7) is 6.14. The van der Waals surface area contributed by atoms with Gasteiger partial charge in [-0.2, -0.15) is 0 Å². The molecule has 1 aromatic carbocycles.